The number of nitriles is 1. The van der Waals surface area contributed by atoms with E-state index in [0.717, 1.165) is 38.2 Å². The topological polar surface area (TPSA) is 39.1 Å². The number of piperidine rings is 1. The minimum absolute atomic E-state index is 0.432. The van der Waals surface area contributed by atoms with Gasteiger partial charge in [-0.3, -0.25) is 0 Å². The number of nitrogens with one attached hydrogen (secondary N) is 1. The normalized spacial score (nSPS) is 18.8. The van der Waals surface area contributed by atoms with Crippen molar-refractivity contribution in [3.8, 4) is 6.07 Å². The quantitative estimate of drug-likeness (QED) is 0.915. The Labute approximate surface area is 120 Å². The Balaban J connectivity index is 2.01. The van der Waals surface area contributed by atoms with Gasteiger partial charge in [0.25, 0.3) is 0 Å². The number of hydrogen-bond donors (Lipinski definition) is 1. The molecule has 0 aliphatic carbocycles. The Bertz CT molecular complexity index is 441. The molecule has 1 fully saturated rings. The third-order valence-electron chi connectivity index (χ3n) is 3.69. The van der Waals surface area contributed by atoms with Gasteiger partial charge in [0.1, 0.15) is 5.54 Å². The van der Waals surface area contributed by atoms with Gasteiger partial charge in [0.15, 0.2) is 0 Å². The van der Waals surface area contributed by atoms with Crippen LogP contribution in [0.25, 0.3) is 0 Å². The lowest BCUT2D eigenvalue weighted by atomic mass is 9.88. The molecule has 0 radical (unpaired) electrons. The van der Waals surface area contributed by atoms with Gasteiger partial charge >= 0.3 is 0 Å². The molecule has 2 rings (SSSR count). The molecule has 1 aliphatic heterocycles. The van der Waals surface area contributed by atoms with Crippen LogP contribution in [-0.4, -0.2) is 30.1 Å². The number of nitrogens with zero attached hydrogens (tertiary/aromatic N) is 2. The molecule has 1 heterocycles. The lowest BCUT2D eigenvalue weighted by molar-refractivity contribution is 0.197. The van der Waals surface area contributed by atoms with Gasteiger partial charge in [0.2, 0.25) is 0 Å². The molecular formula is C15H20ClN3. The number of rotatable bonds is 4. The highest BCUT2D eigenvalue weighted by Crippen LogP contribution is 2.27. The SMILES string of the molecule is CCCN1CCC(C#N)(Nc2ccc(Cl)cc2)CC1. The number of likely N-dealkylation sites (tertiary alicyclic amines) is 1. The number of benzene rings is 1. The van der Waals surface area contributed by atoms with E-state index in [0.29, 0.717) is 5.02 Å². The standard InChI is InChI=1S/C15H20ClN3/c1-2-9-19-10-7-15(12-17,8-11-19)18-14-5-3-13(16)4-6-14/h3-6,18H,2,7-11H2,1H3. The van der Waals surface area contributed by atoms with Gasteiger partial charge in [-0.1, -0.05) is 18.5 Å². The Morgan fingerprint density at radius 1 is 1.32 bits per heavy atom. The molecule has 3 nitrogen and oxygen atoms in total. The van der Waals surface area contributed by atoms with E-state index >= 15 is 0 Å². The summed E-state index contributed by atoms with van der Waals surface area (Å²) in [6, 6.07) is 10.0. The Kier molecular flexibility index (Phi) is 4.68. The van der Waals surface area contributed by atoms with Crippen molar-refractivity contribution in [1.82, 2.24) is 4.90 Å². The van der Waals surface area contributed by atoms with E-state index in [1.165, 1.54) is 6.42 Å². The molecule has 0 saturated carbocycles. The average molecular weight is 278 g/mol. The maximum absolute atomic E-state index is 9.52. The molecule has 1 N–H and O–H groups in total. The number of halogens is 1. The average Bonchev–Trinajstić information content (AvgIpc) is 2.44. The predicted octanol–water partition coefficient (Wildman–Crippen LogP) is 3.52. The van der Waals surface area contributed by atoms with Crippen LogP contribution in [0.15, 0.2) is 24.3 Å². The van der Waals surface area contributed by atoms with Gasteiger partial charge in [-0.15, -0.1) is 0 Å². The number of hydrogen-bond acceptors (Lipinski definition) is 3. The molecule has 0 aromatic heterocycles. The van der Waals surface area contributed by atoms with Crippen LogP contribution in [0.2, 0.25) is 5.02 Å². The first-order valence-corrected chi connectivity index (χ1v) is 7.22. The van der Waals surface area contributed by atoms with Gasteiger partial charge in [-0.25, -0.2) is 0 Å². The summed E-state index contributed by atoms with van der Waals surface area (Å²) >= 11 is 5.88. The monoisotopic (exact) mass is 277 g/mol. The van der Waals surface area contributed by atoms with Crippen molar-refractivity contribution in [2.24, 2.45) is 0 Å². The second-order valence-electron chi connectivity index (χ2n) is 5.17. The van der Waals surface area contributed by atoms with Crippen molar-refractivity contribution in [2.45, 2.75) is 31.7 Å². The zero-order valence-corrected chi connectivity index (χ0v) is 12.1. The van der Waals surface area contributed by atoms with Crippen LogP contribution in [0, 0.1) is 11.3 Å². The van der Waals surface area contributed by atoms with Crippen molar-refractivity contribution >= 4 is 17.3 Å². The molecule has 1 aliphatic rings. The lowest BCUT2D eigenvalue weighted by Crippen LogP contribution is -2.48. The molecule has 1 aromatic carbocycles. The highest BCUT2D eigenvalue weighted by atomic mass is 35.5. The second-order valence-corrected chi connectivity index (χ2v) is 5.60. The molecule has 1 aromatic rings. The fourth-order valence-electron chi connectivity index (χ4n) is 2.55. The van der Waals surface area contributed by atoms with Crippen LogP contribution in [0.5, 0.6) is 0 Å². The van der Waals surface area contributed by atoms with E-state index in [1.54, 1.807) is 0 Å². The summed E-state index contributed by atoms with van der Waals surface area (Å²) in [4.78, 5) is 2.43. The van der Waals surface area contributed by atoms with Crippen LogP contribution >= 0.6 is 11.6 Å². The van der Waals surface area contributed by atoms with Gasteiger partial charge < -0.3 is 10.2 Å². The minimum Gasteiger partial charge on any atom is -0.367 e. The van der Waals surface area contributed by atoms with Gasteiger partial charge in [0.05, 0.1) is 6.07 Å². The predicted molar refractivity (Wildman–Crippen MR) is 79.4 cm³/mol. The molecule has 0 amide bonds. The van der Waals surface area contributed by atoms with Gasteiger partial charge in [0, 0.05) is 23.8 Å². The third-order valence-corrected chi connectivity index (χ3v) is 3.94. The highest BCUT2D eigenvalue weighted by Gasteiger charge is 2.34. The Hall–Kier alpha value is -1.24. The molecule has 19 heavy (non-hydrogen) atoms. The summed E-state index contributed by atoms with van der Waals surface area (Å²) in [5, 5.41) is 13.6. The number of anilines is 1. The fourth-order valence-corrected chi connectivity index (χ4v) is 2.67. The molecule has 0 spiro atoms. The second kappa shape index (κ2) is 6.27. The van der Waals surface area contributed by atoms with Crippen LogP contribution in [0.3, 0.4) is 0 Å². The largest absolute Gasteiger partial charge is 0.367 e. The van der Waals surface area contributed by atoms with E-state index in [-0.39, 0.29) is 0 Å². The highest BCUT2D eigenvalue weighted by molar-refractivity contribution is 6.30. The summed E-state index contributed by atoms with van der Waals surface area (Å²) in [6.45, 7) is 5.30. The first-order valence-electron chi connectivity index (χ1n) is 6.85. The van der Waals surface area contributed by atoms with Crippen LogP contribution in [0.1, 0.15) is 26.2 Å². The Morgan fingerprint density at radius 2 is 1.95 bits per heavy atom. The molecule has 1 saturated heterocycles. The molecule has 0 atom stereocenters. The van der Waals surface area contributed by atoms with Crippen molar-refractivity contribution in [3.63, 3.8) is 0 Å². The summed E-state index contributed by atoms with van der Waals surface area (Å²) < 4.78 is 0. The molecule has 4 heteroatoms. The van der Waals surface area contributed by atoms with Crippen LogP contribution < -0.4 is 5.32 Å². The summed E-state index contributed by atoms with van der Waals surface area (Å²) in [5.41, 5.74) is 0.535. The first-order chi connectivity index (χ1) is 9.17. The van der Waals surface area contributed by atoms with Gasteiger partial charge in [-0.2, -0.15) is 5.26 Å². The molecule has 0 bridgehead atoms. The maximum atomic E-state index is 9.52. The molecule has 102 valence electrons. The van der Waals surface area contributed by atoms with E-state index in [4.69, 9.17) is 11.6 Å². The van der Waals surface area contributed by atoms with E-state index in [9.17, 15) is 5.26 Å². The lowest BCUT2D eigenvalue weighted by Gasteiger charge is -2.38. The smallest absolute Gasteiger partial charge is 0.127 e. The summed E-state index contributed by atoms with van der Waals surface area (Å²) in [6.07, 6.45) is 2.91. The zero-order valence-electron chi connectivity index (χ0n) is 11.3. The first kappa shape index (κ1) is 14.2. The van der Waals surface area contributed by atoms with Crippen LogP contribution in [-0.2, 0) is 0 Å². The molecule has 0 unspecified atom stereocenters. The fraction of sp³-hybridized carbons (Fsp3) is 0.533. The summed E-state index contributed by atoms with van der Waals surface area (Å²) in [5.74, 6) is 0. The third kappa shape index (κ3) is 3.62. The van der Waals surface area contributed by atoms with Gasteiger partial charge in [-0.05, 0) is 50.1 Å². The van der Waals surface area contributed by atoms with Crippen molar-refractivity contribution in [1.29, 1.82) is 5.26 Å². The van der Waals surface area contributed by atoms with Crippen LogP contribution in [0.4, 0.5) is 5.69 Å². The van der Waals surface area contributed by atoms with E-state index in [2.05, 4.69) is 23.2 Å². The van der Waals surface area contributed by atoms with Crippen molar-refractivity contribution in [3.05, 3.63) is 29.3 Å². The minimum atomic E-state index is -0.432. The van der Waals surface area contributed by atoms with E-state index < -0.39 is 5.54 Å². The zero-order chi connectivity index (χ0) is 13.7. The van der Waals surface area contributed by atoms with Crippen molar-refractivity contribution in [2.75, 3.05) is 25.0 Å². The maximum Gasteiger partial charge on any atom is 0.127 e. The Morgan fingerprint density at radius 3 is 2.47 bits per heavy atom. The summed E-state index contributed by atoms with van der Waals surface area (Å²) in [7, 11) is 0. The molecular weight excluding hydrogens is 258 g/mol. The van der Waals surface area contributed by atoms with E-state index in [1.807, 2.05) is 24.3 Å². The van der Waals surface area contributed by atoms with Crippen molar-refractivity contribution < 1.29 is 0 Å².